The van der Waals surface area contributed by atoms with Crippen LogP contribution in [-0.4, -0.2) is 48.9 Å². The second kappa shape index (κ2) is 8.88. The molecular weight excluding hydrogens is 484 g/mol. The fourth-order valence-electron chi connectivity index (χ4n) is 3.47. The van der Waals surface area contributed by atoms with Gasteiger partial charge in [0.25, 0.3) is 0 Å². The number of nitrogens with zero attached hydrogens (tertiary/aromatic N) is 4. The fourth-order valence-corrected chi connectivity index (χ4v) is 5.40. The Bertz CT molecular complexity index is 1260. The molecule has 1 aromatic heterocycles. The highest BCUT2D eigenvalue weighted by Crippen LogP contribution is 2.34. The van der Waals surface area contributed by atoms with Gasteiger partial charge in [-0.15, -0.1) is 0 Å². The molecule has 1 saturated heterocycles. The molecule has 0 radical (unpaired) electrons. The Morgan fingerprint density at radius 1 is 0.909 bits per heavy atom. The first-order valence-corrected chi connectivity index (χ1v) is 11.6. The first kappa shape index (κ1) is 23.4. The van der Waals surface area contributed by atoms with Crippen molar-refractivity contribution < 1.29 is 26.0 Å². The quantitative estimate of drug-likeness (QED) is 0.495. The minimum Gasteiger partial charge on any atom is -0.354 e. The molecule has 0 unspecified atom stereocenters. The van der Waals surface area contributed by atoms with Crippen molar-refractivity contribution in [2.75, 3.05) is 31.1 Å². The average Bonchev–Trinajstić information content (AvgIpc) is 2.79. The molecule has 0 bridgehead atoms. The van der Waals surface area contributed by atoms with Crippen molar-refractivity contribution in [1.29, 1.82) is 0 Å². The molecule has 1 fully saturated rings. The molecule has 0 N–H and O–H groups in total. The normalized spacial score (nSPS) is 15.6. The lowest BCUT2D eigenvalue weighted by atomic mass is 10.1. The van der Waals surface area contributed by atoms with E-state index in [4.69, 9.17) is 11.6 Å². The third-order valence-corrected chi connectivity index (χ3v) is 7.61. The van der Waals surface area contributed by atoms with Crippen LogP contribution in [0.3, 0.4) is 0 Å². The second-order valence-corrected chi connectivity index (χ2v) is 9.62. The van der Waals surface area contributed by atoms with Gasteiger partial charge in [0.05, 0.1) is 16.3 Å². The van der Waals surface area contributed by atoms with Crippen LogP contribution in [0.15, 0.2) is 59.8 Å². The lowest BCUT2D eigenvalue weighted by Gasteiger charge is -2.34. The van der Waals surface area contributed by atoms with Gasteiger partial charge in [-0.25, -0.2) is 22.8 Å². The maximum absolute atomic E-state index is 13.2. The number of sulfonamides is 1. The van der Waals surface area contributed by atoms with E-state index in [2.05, 4.69) is 9.97 Å². The van der Waals surface area contributed by atoms with E-state index in [1.54, 1.807) is 18.2 Å². The van der Waals surface area contributed by atoms with Crippen LogP contribution in [-0.2, 0) is 16.2 Å². The van der Waals surface area contributed by atoms with E-state index in [9.17, 15) is 26.0 Å². The topological polar surface area (TPSA) is 66.4 Å². The summed E-state index contributed by atoms with van der Waals surface area (Å²) in [6.07, 6.45) is -3.33. The van der Waals surface area contributed by atoms with Gasteiger partial charge in [-0.3, -0.25) is 0 Å². The van der Waals surface area contributed by atoms with Gasteiger partial charge in [0.15, 0.2) is 0 Å². The fraction of sp³-hybridized carbons (Fsp3) is 0.238. The Labute approximate surface area is 192 Å². The van der Waals surface area contributed by atoms with Crippen LogP contribution in [0.25, 0.3) is 11.3 Å². The molecule has 0 atom stereocenters. The molecule has 2 heterocycles. The third kappa shape index (κ3) is 4.94. The highest BCUT2D eigenvalue weighted by Gasteiger charge is 2.35. The van der Waals surface area contributed by atoms with Crippen molar-refractivity contribution in [2.24, 2.45) is 0 Å². The molecule has 3 aromatic rings. The molecule has 1 aliphatic rings. The Hall–Kier alpha value is -2.76. The minimum absolute atomic E-state index is 0.0325. The largest absolute Gasteiger partial charge is 0.416 e. The summed E-state index contributed by atoms with van der Waals surface area (Å²) in [4.78, 5) is 9.69. The molecule has 2 aromatic carbocycles. The Kier molecular flexibility index (Phi) is 6.30. The van der Waals surface area contributed by atoms with Gasteiger partial charge in [-0.05, 0) is 42.5 Å². The molecule has 174 valence electrons. The van der Waals surface area contributed by atoms with Crippen LogP contribution in [0.4, 0.5) is 23.4 Å². The maximum Gasteiger partial charge on any atom is 0.416 e. The van der Waals surface area contributed by atoms with Crippen molar-refractivity contribution in [3.63, 3.8) is 0 Å². The van der Waals surface area contributed by atoms with E-state index in [0.29, 0.717) is 23.1 Å². The molecule has 0 saturated carbocycles. The highest BCUT2D eigenvalue weighted by molar-refractivity contribution is 7.89. The van der Waals surface area contributed by atoms with Crippen LogP contribution in [0.1, 0.15) is 5.56 Å². The number of piperazine rings is 1. The van der Waals surface area contributed by atoms with Gasteiger partial charge in [-0.2, -0.15) is 17.5 Å². The smallest absolute Gasteiger partial charge is 0.354 e. The van der Waals surface area contributed by atoms with Gasteiger partial charge in [0.2, 0.25) is 10.0 Å². The number of alkyl halides is 3. The minimum atomic E-state index is -4.69. The number of aromatic nitrogens is 2. The van der Waals surface area contributed by atoms with Crippen LogP contribution in [0, 0.1) is 5.82 Å². The van der Waals surface area contributed by atoms with Gasteiger partial charge in [0, 0.05) is 37.8 Å². The molecule has 33 heavy (non-hydrogen) atoms. The second-order valence-electron chi connectivity index (χ2n) is 7.30. The Morgan fingerprint density at radius 3 is 2.21 bits per heavy atom. The summed E-state index contributed by atoms with van der Waals surface area (Å²) in [7, 11) is -4.23. The van der Waals surface area contributed by atoms with E-state index < -0.39 is 26.7 Å². The zero-order chi connectivity index (χ0) is 23.8. The summed E-state index contributed by atoms with van der Waals surface area (Å²) < 4.78 is 79.4. The number of hydrogen-bond acceptors (Lipinski definition) is 5. The van der Waals surface area contributed by atoms with Gasteiger partial charge in [-0.1, -0.05) is 11.6 Å². The number of rotatable bonds is 4. The molecule has 0 aliphatic carbocycles. The SMILES string of the molecule is O=S(=O)(c1cc(C(F)(F)F)ccc1Cl)N1CCN(c2cc(-c3ccc(F)cc3)ncn2)CC1. The average molecular weight is 501 g/mol. The molecule has 0 spiro atoms. The molecule has 6 nitrogen and oxygen atoms in total. The van der Waals surface area contributed by atoms with E-state index >= 15 is 0 Å². The Morgan fingerprint density at radius 2 is 1.58 bits per heavy atom. The van der Waals surface area contributed by atoms with E-state index in [1.165, 1.54) is 18.5 Å². The zero-order valence-corrected chi connectivity index (χ0v) is 18.5. The lowest BCUT2D eigenvalue weighted by Crippen LogP contribution is -2.49. The predicted octanol–water partition coefficient (Wildman–Crippen LogP) is 4.47. The van der Waals surface area contributed by atoms with E-state index in [-0.39, 0.29) is 37.0 Å². The monoisotopic (exact) mass is 500 g/mol. The molecule has 4 rings (SSSR count). The van der Waals surface area contributed by atoms with E-state index in [1.807, 2.05) is 4.90 Å². The summed E-state index contributed by atoms with van der Waals surface area (Å²) in [6.45, 7) is 0.584. The standard InChI is InChI=1S/C21H17ClF4N4O2S/c22-17-6-3-15(21(24,25)26)11-19(17)33(31,32)30-9-7-29(8-10-30)20-12-18(27-13-28-20)14-1-4-16(23)5-2-14/h1-6,11-13H,7-10H2. The van der Waals surface area contributed by atoms with Crippen molar-refractivity contribution in [3.05, 3.63) is 71.3 Å². The predicted molar refractivity (Wildman–Crippen MR) is 115 cm³/mol. The van der Waals surface area contributed by atoms with Crippen molar-refractivity contribution in [1.82, 2.24) is 14.3 Å². The van der Waals surface area contributed by atoms with Crippen LogP contribution >= 0.6 is 11.6 Å². The number of anilines is 1. The van der Waals surface area contributed by atoms with Crippen molar-refractivity contribution in [3.8, 4) is 11.3 Å². The lowest BCUT2D eigenvalue weighted by molar-refractivity contribution is -0.137. The summed E-state index contributed by atoms with van der Waals surface area (Å²) in [5.41, 5.74) is 0.185. The maximum atomic E-state index is 13.2. The van der Waals surface area contributed by atoms with Crippen LogP contribution < -0.4 is 4.90 Å². The van der Waals surface area contributed by atoms with E-state index in [0.717, 1.165) is 16.4 Å². The zero-order valence-electron chi connectivity index (χ0n) is 16.9. The first-order chi connectivity index (χ1) is 15.6. The highest BCUT2D eigenvalue weighted by atomic mass is 35.5. The van der Waals surface area contributed by atoms with Gasteiger partial charge < -0.3 is 4.90 Å². The number of hydrogen-bond donors (Lipinski definition) is 0. The number of halogens is 5. The van der Waals surface area contributed by atoms with Crippen LogP contribution in [0.5, 0.6) is 0 Å². The number of benzene rings is 2. The third-order valence-electron chi connectivity index (χ3n) is 5.23. The first-order valence-electron chi connectivity index (χ1n) is 9.75. The van der Waals surface area contributed by atoms with Crippen molar-refractivity contribution in [2.45, 2.75) is 11.1 Å². The summed E-state index contributed by atoms with van der Waals surface area (Å²) >= 11 is 5.94. The molecular formula is C21H17ClF4N4O2S. The molecule has 0 amide bonds. The Balaban J connectivity index is 1.51. The van der Waals surface area contributed by atoms with Gasteiger partial charge >= 0.3 is 6.18 Å². The molecule has 1 aliphatic heterocycles. The van der Waals surface area contributed by atoms with Gasteiger partial charge in [0.1, 0.15) is 22.9 Å². The summed E-state index contributed by atoms with van der Waals surface area (Å²) in [6, 6.07) is 9.76. The van der Waals surface area contributed by atoms with Crippen LogP contribution in [0.2, 0.25) is 5.02 Å². The summed E-state index contributed by atoms with van der Waals surface area (Å²) in [5, 5.41) is -0.273. The molecule has 12 heteroatoms. The van der Waals surface area contributed by atoms with Crippen molar-refractivity contribution >= 4 is 27.4 Å². The summed E-state index contributed by atoms with van der Waals surface area (Å²) in [5.74, 6) is 0.185.